The smallest absolute Gasteiger partial charge is 0.234 e. The van der Waals surface area contributed by atoms with Gasteiger partial charge in [0.1, 0.15) is 0 Å². The second-order valence-electron chi connectivity index (χ2n) is 5.83. The van der Waals surface area contributed by atoms with Gasteiger partial charge in [-0.15, -0.1) is 0 Å². The fourth-order valence-electron chi connectivity index (χ4n) is 2.79. The van der Waals surface area contributed by atoms with Gasteiger partial charge in [0.2, 0.25) is 11.8 Å². The molecule has 1 fully saturated rings. The van der Waals surface area contributed by atoms with E-state index in [4.69, 9.17) is 5.73 Å². The predicted octanol–water partition coefficient (Wildman–Crippen LogP) is 1.03. The van der Waals surface area contributed by atoms with Crippen LogP contribution in [0.1, 0.15) is 25.3 Å². The highest BCUT2D eigenvalue weighted by Gasteiger charge is 2.25. The number of primary amides is 1. The van der Waals surface area contributed by atoms with Gasteiger partial charge in [0, 0.05) is 32.6 Å². The fourth-order valence-corrected chi connectivity index (χ4v) is 2.79. The molecule has 0 unspecified atom stereocenters. The van der Waals surface area contributed by atoms with Crippen LogP contribution < -0.4 is 5.73 Å². The molecule has 22 heavy (non-hydrogen) atoms. The summed E-state index contributed by atoms with van der Waals surface area (Å²) in [6.45, 7) is 4.62. The molecule has 0 aliphatic carbocycles. The Hall–Kier alpha value is -1.88. The summed E-state index contributed by atoms with van der Waals surface area (Å²) >= 11 is 0. The molecule has 1 atom stereocenters. The first-order valence-corrected chi connectivity index (χ1v) is 7.93. The SMILES string of the molecule is C[C@@H](C(N)=O)N1CCN(C(=O)CCCc2ccccc2)CC1. The van der Waals surface area contributed by atoms with E-state index < -0.39 is 0 Å². The van der Waals surface area contributed by atoms with E-state index >= 15 is 0 Å². The molecule has 2 N–H and O–H groups in total. The Morgan fingerprint density at radius 3 is 2.36 bits per heavy atom. The molecule has 0 spiro atoms. The zero-order valence-electron chi connectivity index (χ0n) is 13.2. The Balaban J connectivity index is 1.70. The minimum atomic E-state index is -0.303. The van der Waals surface area contributed by atoms with Crippen molar-refractivity contribution in [2.45, 2.75) is 32.2 Å². The van der Waals surface area contributed by atoms with E-state index in [2.05, 4.69) is 12.1 Å². The van der Waals surface area contributed by atoms with Gasteiger partial charge < -0.3 is 10.6 Å². The highest BCUT2D eigenvalue weighted by atomic mass is 16.2. The van der Waals surface area contributed by atoms with Gasteiger partial charge in [-0.3, -0.25) is 14.5 Å². The van der Waals surface area contributed by atoms with Crippen molar-refractivity contribution in [3.8, 4) is 0 Å². The fraction of sp³-hybridized carbons (Fsp3) is 0.529. The van der Waals surface area contributed by atoms with Crippen molar-refractivity contribution in [1.82, 2.24) is 9.80 Å². The molecular formula is C17H25N3O2. The molecule has 1 saturated heterocycles. The van der Waals surface area contributed by atoms with Crippen LogP contribution in [0.4, 0.5) is 0 Å². The van der Waals surface area contributed by atoms with E-state index in [9.17, 15) is 9.59 Å². The third-order valence-corrected chi connectivity index (χ3v) is 4.33. The average Bonchev–Trinajstić information content (AvgIpc) is 2.55. The van der Waals surface area contributed by atoms with Gasteiger partial charge in [0.15, 0.2) is 0 Å². The maximum Gasteiger partial charge on any atom is 0.234 e. The lowest BCUT2D eigenvalue weighted by Gasteiger charge is -2.37. The molecule has 1 aliphatic heterocycles. The maximum absolute atomic E-state index is 12.2. The molecule has 5 nitrogen and oxygen atoms in total. The van der Waals surface area contributed by atoms with Crippen LogP contribution >= 0.6 is 0 Å². The van der Waals surface area contributed by atoms with E-state index in [0.29, 0.717) is 32.6 Å². The highest BCUT2D eigenvalue weighted by molar-refractivity contribution is 5.79. The predicted molar refractivity (Wildman–Crippen MR) is 86.2 cm³/mol. The summed E-state index contributed by atoms with van der Waals surface area (Å²) in [6.07, 6.45) is 2.40. The Kier molecular flexibility index (Phi) is 5.95. The van der Waals surface area contributed by atoms with E-state index in [-0.39, 0.29) is 17.9 Å². The second-order valence-corrected chi connectivity index (χ2v) is 5.83. The molecule has 1 aromatic rings. The van der Waals surface area contributed by atoms with E-state index in [1.54, 1.807) is 0 Å². The van der Waals surface area contributed by atoms with Gasteiger partial charge in [-0.25, -0.2) is 0 Å². The summed E-state index contributed by atoms with van der Waals surface area (Å²) in [5, 5.41) is 0. The molecule has 0 bridgehead atoms. The first kappa shape index (κ1) is 16.5. The van der Waals surface area contributed by atoms with Crippen molar-refractivity contribution in [2.24, 2.45) is 5.73 Å². The van der Waals surface area contributed by atoms with Crippen LogP contribution in [0.3, 0.4) is 0 Å². The average molecular weight is 303 g/mol. The van der Waals surface area contributed by atoms with Crippen LogP contribution in [-0.2, 0) is 16.0 Å². The Morgan fingerprint density at radius 2 is 1.77 bits per heavy atom. The topological polar surface area (TPSA) is 66.6 Å². The summed E-state index contributed by atoms with van der Waals surface area (Å²) in [6, 6.07) is 9.98. The van der Waals surface area contributed by atoms with Crippen molar-refractivity contribution in [3.05, 3.63) is 35.9 Å². The zero-order valence-corrected chi connectivity index (χ0v) is 13.2. The molecule has 0 radical (unpaired) electrons. The van der Waals surface area contributed by atoms with Crippen LogP contribution in [0.15, 0.2) is 30.3 Å². The number of aryl methyl sites for hydroxylation is 1. The molecule has 1 aliphatic rings. The lowest BCUT2D eigenvalue weighted by molar-refractivity contribution is -0.134. The van der Waals surface area contributed by atoms with Gasteiger partial charge in [-0.2, -0.15) is 0 Å². The third kappa shape index (κ3) is 4.56. The number of hydrogen-bond donors (Lipinski definition) is 1. The van der Waals surface area contributed by atoms with Gasteiger partial charge >= 0.3 is 0 Å². The largest absolute Gasteiger partial charge is 0.368 e. The van der Waals surface area contributed by atoms with Gasteiger partial charge in [0.05, 0.1) is 6.04 Å². The van der Waals surface area contributed by atoms with Crippen molar-refractivity contribution < 1.29 is 9.59 Å². The number of piperazine rings is 1. The van der Waals surface area contributed by atoms with E-state index in [1.807, 2.05) is 34.9 Å². The molecule has 0 saturated carbocycles. The number of nitrogens with zero attached hydrogens (tertiary/aromatic N) is 2. The highest BCUT2D eigenvalue weighted by Crippen LogP contribution is 2.10. The maximum atomic E-state index is 12.2. The first-order valence-electron chi connectivity index (χ1n) is 7.93. The summed E-state index contributed by atoms with van der Waals surface area (Å²) in [7, 11) is 0. The standard InChI is InChI=1S/C17H25N3O2/c1-14(17(18)22)19-10-12-20(13-11-19)16(21)9-5-8-15-6-3-2-4-7-15/h2-4,6-7,14H,5,8-13H2,1H3,(H2,18,22)/t14-/m0/s1. The summed E-state index contributed by atoms with van der Waals surface area (Å²) in [5.41, 5.74) is 6.59. The Morgan fingerprint density at radius 1 is 1.14 bits per heavy atom. The van der Waals surface area contributed by atoms with Crippen LogP contribution in [0.25, 0.3) is 0 Å². The number of rotatable bonds is 6. The number of benzene rings is 1. The quantitative estimate of drug-likeness (QED) is 0.853. The van der Waals surface area contributed by atoms with Crippen LogP contribution in [0.5, 0.6) is 0 Å². The summed E-state index contributed by atoms with van der Waals surface area (Å²) < 4.78 is 0. The Labute approximate surface area is 132 Å². The lowest BCUT2D eigenvalue weighted by atomic mass is 10.1. The number of carbonyl (C=O) groups excluding carboxylic acids is 2. The Bertz CT molecular complexity index is 496. The monoisotopic (exact) mass is 303 g/mol. The van der Waals surface area contributed by atoms with Crippen molar-refractivity contribution in [2.75, 3.05) is 26.2 Å². The normalized spacial score (nSPS) is 17.2. The van der Waals surface area contributed by atoms with E-state index in [1.165, 1.54) is 5.56 Å². The molecule has 1 aromatic carbocycles. The molecule has 2 amide bonds. The van der Waals surface area contributed by atoms with Crippen LogP contribution in [-0.4, -0.2) is 53.8 Å². The third-order valence-electron chi connectivity index (χ3n) is 4.33. The summed E-state index contributed by atoms with van der Waals surface area (Å²) in [5.74, 6) is -0.0926. The molecule has 120 valence electrons. The van der Waals surface area contributed by atoms with Gasteiger partial charge in [-0.05, 0) is 25.3 Å². The zero-order chi connectivity index (χ0) is 15.9. The number of carbonyl (C=O) groups is 2. The first-order chi connectivity index (χ1) is 10.6. The minimum absolute atomic E-state index is 0.210. The van der Waals surface area contributed by atoms with E-state index in [0.717, 1.165) is 12.8 Å². The van der Waals surface area contributed by atoms with Gasteiger partial charge in [0.25, 0.3) is 0 Å². The molecule has 2 rings (SSSR count). The van der Waals surface area contributed by atoms with Crippen molar-refractivity contribution in [3.63, 3.8) is 0 Å². The molecule has 0 aromatic heterocycles. The number of nitrogens with two attached hydrogens (primary N) is 1. The summed E-state index contributed by atoms with van der Waals surface area (Å²) in [4.78, 5) is 27.3. The molecular weight excluding hydrogens is 278 g/mol. The number of hydrogen-bond acceptors (Lipinski definition) is 3. The lowest BCUT2D eigenvalue weighted by Crippen LogP contribution is -2.54. The van der Waals surface area contributed by atoms with Crippen LogP contribution in [0.2, 0.25) is 0 Å². The van der Waals surface area contributed by atoms with Gasteiger partial charge in [-0.1, -0.05) is 30.3 Å². The van der Waals surface area contributed by atoms with Crippen molar-refractivity contribution in [1.29, 1.82) is 0 Å². The molecule has 5 heteroatoms. The second kappa shape index (κ2) is 7.94. The van der Waals surface area contributed by atoms with Crippen molar-refractivity contribution >= 4 is 11.8 Å². The number of amides is 2. The minimum Gasteiger partial charge on any atom is -0.368 e. The molecule has 1 heterocycles. The van der Waals surface area contributed by atoms with Crippen LogP contribution in [0, 0.1) is 0 Å².